The number of benzene rings is 1. The van der Waals surface area contributed by atoms with Crippen LogP contribution in [0.3, 0.4) is 0 Å². The zero-order chi connectivity index (χ0) is 20.0. The number of rotatable bonds is 2. The first-order valence-electron chi connectivity index (χ1n) is 8.60. The van der Waals surface area contributed by atoms with E-state index in [0.717, 1.165) is 5.69 Å². The minimum absolute atomic E-state index is 0.289. The van der Waals surface area contributed by atoms with E-state index in [1.807, 2.05) is 34.6 Å². The Labute approximate surface area is 169 Å². The number of hydrogen-bond donors (Lipinski definition) is 0. The number of fused-ring (bicyclic) bond motifs is 1. The second-order valence-corrected chi connectivity index (χ2v) is 9.01. The molecule has 0 N–H and O–H groups in total. The number of halogens is 2. The maximum Gasteiger partial charge on any atom is 0.414 e. The molecule has 0 fully saturated rings. The first-order valence-corrected chi connectivity index (χ1v) is 9.36. The van der Waals surface area contributed by atoms with Crippen molar-refractivity contribution in [3.8, 4) is 11.5 Å². The molecule has 0 unspecified atom stereocenters. The third-order valence-electron chi connectivity index (χ3n) is 4.06. The van der Waals surface area contributed by atoms with E-state index in [4.69, 9.17) is 32.7 Å². The van der Waals surface area contributed by atoms with Crippen LogP contribution in [0, 0.1) is 0 Å². The van der Waals surface area contributed by atoms with E-state index in [-0.39, 0.29) is 5.41 Å². The maximum absolute atomic E-state index is 12.7. The highest BCUT2D eigenvalue weighted by molar-refractivity contribution is 6.35. The summed E-state index contributed by atoms with van der Waals surface area (Å²) in [5.41, 5.74) is 0.630. The molecule has 2 aromatic rings. The molecule has 7 heteroatoms. The van der Waals surface area contributed by atoms with Crippen molar-refractivity contribution in [3.63, 3.8) is 0 Å². The molecule has 1 amide bonds. The van der Waals surface area contributed by atoms with Crippen molar-refractivity contribution in [1.29, 1.82) is 0 Å². The minimum Gasteiger partial charge on any atom is -0.454 e. The van der Waals surface area contributed by atoms with Crippen LogP contribution in [-0.2, 0) is 10.2 Å². The Morgan fingerprint density at radius 1 is 1.22 bits per heavy atom. The first-order chi connectivity index (χ1) is 12.5. The normalized spacial score (nSPS) is 15.4. The Morgan fingerprint density at radius 3 is 2.56 bits per heavy atom. The second-order valence-electron chi connectivity index (χ2n) is 8.17. The first kappa shape index (κ1) is 19.8. The van der Waals surface area contributed by atoms with Gasteiger partial charge in [0.2, 0.25) is 0 Å². The highest BCUT2D eigenvalue weighted by atomic mass is 35.5. The molecule has 1 aliphatic heterocycles. The van der Waals surface area contributed by atoms with Crippen LogP contribution in [0.4, 0.5) is 10.5 Å². The van der Waals surface area contributed by atoms with Crippen molar-refractivity contribution in [1.82, 2.24) is 4.98 Å². The molecule has 1 aromatic heterocycles. The number of carbonyl (C=O) groups excluding carboxylic acids is 1. The van der Waals surface area contributed by atoms with E-state index in [9.17, 15) is 4.79 Å². The summed E-state index contributed by atoms with van der Waals surface area (Å²) >= 11 is 12.1. The molecule has 0 saturated carbocycles. The van der Waals surface area contributed by atoms with Gasteiger partial charge in [0.25, 0.3) is 0 Å². The summed E-state index contributed by atoms with van der Waals surface area (Å²) in [6, 6.07) is 6.77. The van der Waals surface area contributed by atoms with Crippen LogP contribution in [-0.4, -0.2) is 23.2 Å². The number of nitrogens with zero attached hydrogens (tertiary/aromatic N) is 2. The molecule has 27 heavy (non-hydrogen) atoms. The zero-order valence-electron chi connectivity index (χ0n) is 16.0. The van der Waals surface area contributed by atoms with Crippen molar-refractivity contribution in [3.05, 3.63) is 46.2 Å². The number of carbonyl (C=O) groups is 1. The number of aromatic nitrogens is 1. The summed E-state index contributed by atoms with van der Waals surface area (Å²) in [6.45, 7) is 10.1. The fourth-order valence-corrected chi connectivity index (χ4v) is 3.38. The van der Waals surface area contributed by atoms with E-state index in [0.29, 0.717) is 33.8 Å². The SMILES string of the molecule is CC(C)(C)OC(=O)N1CC(C)(C)c2ncc(Oc3ccc(Cl)cc3Cl)cc21. The molecule has 1 aliphatic rings. The van der Waals surface area contributed by atoms with Crippen molar-refractivity contribution >= 4 is 35.0 Å². The molecular formula is C20H22Cl2N2O3. The summed E-state index contributed by atoms with van der Waals surface area (Å²) < 4.78 is 11.4. The second kappa shape index (κ2) is 6.88. The van der Waals surface area contributed by atoms with Crippen molar-refractivity contribution in [2.45, 2.75) is 45.6 Å². The third-order valence-corrected chi connectivity index (χ3v) is 4.59. The van der Waals surface area contributed by atoms with Gasteiger partial charge >= 0.3 is 6.09 Å². The van der Waals surface area contributed by atoms with Gasteiger partial charge in [0.1, 0.15) is 17.1 Å². The highest BCUT2D eigenvalue weighted by Gasteiger charge is 2.41. The van der Waals surface area contributed by atoms with Gasteiger partial charge < -0.3 is 9.47 Å². The molecule has 0 bridgehead atoms. The van der Waals surface area contributed by atoms with Crippen LogP contribution in [0.2, 0.25) is 10.0 Å². The molecule has 3 rings (SSSR count). The Kier molecular flexibility index (Phi) is 5.04. The van der Waals surface area contributed by atoms with E-state index >= 15 is 0 Å². The summed E-state index contributed by atoms with van der Waals surface area (Å²) in [5.74, 6) is 0.938. The summed E-state index contributed by atoms with van der Waals surface area (Å²) in [5, 5.41) is 0.921. The molecule has 0 saturated heterocycles. The van der Waals surface area contributed by atoms with Crippen LogP contribution in [0.15, 0.2) is 30.5 Å². The van der Waals surface area contributed by atoms with E-state index in [1.165, 1.54) is 0 Å². The molecule has 0 spiro atoms. The molecule has 5 nitrogen and oxygen atoms in total. The molecule has 0 radical (unpaired) electrons. The van der Waals surface area contributed by atoms with Crippen LogP contribution in [0.25, 0.3) is 0 Å². The van der Waals surface area contributed by atoms with Crippen LogP contribution >= 0.6 is 23.2 Å². The van der Waals surface area contributed by atoms with Crippen molar-refractivity contribution < 1.29 is 14.3 Å². The van der Waals surface area contributed by atoms with Gasteiger partial charge in [0.05, 0.1) is 22.6 Å². The minimum atomic E-state index is -0.581. The smallest absolute Gasteiger partial charge is 0.414 e. The predicted octanol–water partition coefficient (Wildman–Crippen LogP) is 6.21. The van der Waals surface area contributed by atoms with Gasteiger partial charge in [-0.3, -0.25) is 9.88 Å². The Hall–Kier alpha value is -1.98. The van der Waals surface area contributed by atoms with Gasteiger partial charge in [-0.25, -0.2) is 4.79 Å². The number of ether oxygens (including phenoxy) is 2. The quantitative estimate of drug-likeness (QED) is 0.592. The standard InChI is InChI=1S/C20H22Cl2N2O3/c1-19(2,3)27-18(25)24-11-20(4,5)17-15(24)9-13(10-23-17)26-16-7-6-12(21)8-14(16)22/h6-10H,11H2,1-5H3. The van der Waals surface area contributed by atoms with E-state index < -0.39 is 11.7 Å². The number of hydrogen-bond acceptors (Lipinski definition) is 4. The predicted molar refractivity (Wildman–Crippen MR) is 107 cm³/mol. The molecular weight excluding hydrogens is 387 g/mol. The lowest BCUT2D eigenvalue weighted by Crippen LogP contribution is -2.38. The van der Waals surface area contributed by atoms with Gasteiger partial charge in [-0.2, -0.15) is 0 Å². The van der Waals surface area contributed by atoms with Crippen LogP contribution in [0.5, 0.6) is 11.5 Å². The fraction of sp³-hybridized carbons (Fsp3) is 0.400. The van der Waals surface area contributed by atoms with Gasteiger partial charge in [0.15, 0.2) is 0 Å². The monoisotopic (exact) mass is 408 g/mol. The average Bonchev–Trinajstić information content (AvgIpc) is 2.80. The van der Waals surface area contributed by atoms with Gasteiger partial charge in [-0.15, -0.1) is 0 Å². The molecule has 2 heterocycles. The molecule has 0 aliphatic carbocycles. The molecule has 1 aromatic carbocycles. The summed E-state index contributed by atoms with van der Waals surface area (Å²) in [6.07, 6.45) is 1.22. The highest BCUT2D eigenvalue weighted by Crippen LogP contribution is 2.42. The number of amides is 1. The molecule has 0 atom stereocenters. The average molecular weight is 409 g/mol. The van der Waals surface area contributed by atoms with Crippen LogP contribution < -0.4 is 9.64 Å². The van der Waals surface area contributed by atoms with Gasteiger partial charge in [-0.1, -0.05) is 37.0 Å². The van der Waals surface area contributed by atoms with Crippen LogP contribution in [0.1, 0.15) is 40.3 Å². The molecule has 144 valence electrons. The lowest BCUT2D eigenvalue weighted by molar-refractivity contribution is 0.0579. The lowest BCUT2D eigenvalue weighted by Gasteiger charge is -2.25. The Bertz CT molecular complexity index is 891. The van der Waals surface area contributed by atoms with Gasteiger partial charge in [-0.05, 0) is 39.0 Å². The topological polar surface area (TPSA) is 51.7 Å². The van der Waals surface area contributed by atoms with Gasteiger partial charge in [0, 0.05) is 23.0 Å². The number of anilines is 1. The summed E-state index contributed by atoms with van der Waals surface area (Å²) in [7, 11) is 0. The maximum atomic E-state index is 12.7. The fourth-order valence-electron chi connectivity index (χ4n) is 2.94. The largest absolute Gasteiger partial charge is 0.454 e. The van der Waals surface area contributed by atoms with Crippen molar-refractivity contribution in [2.75, 3.05) is 11.4 Å². The van der Waals surface area contributed by atoms with E-state index in [1.54, 1.807) is 35.4 Å². The van der Waals surface area contributed by atoms with Crippen molar-refractivity contribution in [2.24, 2.45) is 0 Å². The summed E-state index contributed by atoms with van der Waals surface area (Å²) in [4.78, 5) is 18.8. The van der Waals surface area contributed by atoms with E-state index in [2.05, 4.69) is 4.98 Å². The number of pyridine rings is 1. The third kappa shape index (κ3) is 4.30. The lowest BCUT2D eigenvalue weighted by atomic mass is 9.91. The Morgan fingerprint density at radius 2 is 1.93 bits per heavy atom. The Balaban J connectivity index is 1.93. The zero-order valence-corrected chi connectivity index (χ0v) is 17.5.